The van der Waals surface area contributed by atoms with Gasteiger partial charge in [0.2, 0.25) is 0 Å². The minimum Gasteiger partial charge on any atom is -0.369 e. The molecule has 0 aromatic carbocycles. The van der Waals surface area contributed by atoms with Crippen LogP contribution in [0.5, 0.6) is 0 Å². The number of halogens is 3. The van der Waals surface area contributed by atoms with E-state index in [1.165, 1.54) is 0 Å². The van der Waals surface area contributed by atoms with E-state index in [2.05, 4.69) is 10.3 Å². The van der Waals surface area contributed by atoms with Crippen LogP contribution in [0, 0.1) is 17.2 Å². The molecule has 1 aromatic rings. The summed E-state index contributed by atoms with van der Waals surface area (Å²) in [7, 11) is 0. The fourth-order valence-electron chi connectivity index (χ4n) is 1.66. The topological polar surface area (TPSA) is 48.7 Å². The smallest absolute Gasteiger partial charge is 0.369 e. The number of alkyl halides is 3. The van der Waals surface area contributed by atoms with Crippen molar-refractivity contribution >= 4 is 5.82 Å². The van der Waals surface area contributed by atoms with Gasteiger partial charge in [0.15, 0.2) is 0 Å². The van der Waals surface area contributed by atoms with E-state index in [9.17, 15) is 13.2 Å². The third-order valence-electron chi connectivity index (χ3n) is 3.02. The molecular weight excluding hydrogens is 255 g/mol. The Morgan fingerprint density at radius 2 is 1.95 bits per heavy atom. The van der Waals surface area contributed by atoms with E-state index in [1.54, 1.807) is 0 Å². The summed E-state index contributed by atoms with van der Waals surface area (Å²) in [5, 5.41) is 11.7. The molecule has 0 radical (unpaired) electrons. The van der Waals surface area contributed by atoms with Crippen LogP contribution in [0.15, 0.2) is 12.1 Å². The average molecular weight is 271 g/mol. The van der Waals surface area contributed by atoms with E-state index >= 15 is 0 Å². The first kappa shape index (κ1) is 15.3. The van der Waals surface area contributed by atoms with Gasteiger partial charge >= 0.3 is 6.18 Å². The zero-order valence-electron chi connectivity index (χ0n) is 10.9. The molecule has 0 aliphatic heterocycles. The maximum absolute atomic E-state index is 12.6. The van der Waals surface area contributed by atoms with Crippen LogP contribution in [0.25, 0.3) is 0 Å². The molecule has 0 saturated carbocycles. The second-order valence-electron chi connectivity index (χ2n) is 4.27. The van der Waals surface area contributed by atoms with Gasteiger partial charge in [0.05, 0.1) is 5.56 Å². The van der Waals surface area contributed by atoms with Gasteiger partial charge in [0.25, 0.3) is 0 Å². The first-order chi connectivity index (χ1) is 8.92. The number of anilines is 1. The molecule has 0 amide bonds. The third kappa shape index (κ3) is 4.12. The zero-order chi connectivity index (χ0) is 14.5. The van der Waals surface area contributed by atoms with Gasteiger partial charge in [-0.05, 0) is 18.1 Å². The summed E-state index contributed by atoms with van der Waals surface area (Å²) in [6.07, 6.45) is -2.66. The van der Waals surface area contributed by atoms with Gasteiger partial charge in [-0.2, -0.15) is 18.4 Å². The fraction of sp³-hybridized carbons (Fsp3) is 0.538. The average Bonchev–Trinajstić information content (AvgIpc) is 2.38. The molecule has 1 aromatic heterocycles. The third-order valence-corrected chi connectivity index (χ3v) is 3.02. The Balaban J connectivity index is 2.94. The molecule has 3 nitrogen and oxygen atoms in total. The van der Waals surface area contributed by atoms with Crippen LogP contribution >= 0.6 is 0 Å². The van der Waals surface area contributed by atoms with Gasteiger partial charge in [0, 0.05) is 6.54 Å². The summed E-state index contributed by atoms with van der Waals surface area (Å²) < 4.78 is 37.7. The van der Waals surface area contributed by atoms with Crippen LogP contribution in [0.4, 0.5) is 19.0 Å². The number of nitriles is 1. The Morgan fingerprint density at radius 3 is 2.42 bits per heavy atom. The predicted molar refractivity (Wildman–Crippen MR) is 66.5 cm³/mol. The second kappa shape index (κ2) is 6.41. The van der Waals surface area contributed by atoms with E-state index in [-0.39, 0.29) is 11.4 Å². The lowest BCUT2D eigenvalue weighted by Crippen LogP contribution is -2.16. The largest absolute Gasteiger partial charge is 0.433 e. The van der Waals surface area contributed by atoms with E-state index in [1.807, 2.05) is 19.9 Å². The van der Waals surface area contributed by atoms with Crippen molar-refractivity contribution in [2.45, 2.75) is 32.9 Å². The minimum atomic E-state index is -4.50. The molecule has 0 aliphatic rings. The number of aromatic nitrogens is 1. The number of pyridine rings is 1. The highest BCUT2D eigenvalue weighted by atomic mass is 19.4. The number of nitrogens with one attached hydrogen (secondary N) is 1. The van der Waals surface area contributed by atoms with Crippen LogP contribution in [0.1, 0.15) is 37.9 Å². The maximum atomic E-state index is 12.6. The van der Waals surface area contributed by atoms with Crippen molar-refractivity contribution in [3.8, 4) is 6.07 Å². The highest BCUT2D eigenvalue weighted by Gasteiger charge is 2.33. The van der Waals surface area contributed by atoms with Crippen molar-refractivity contribution in [1.82, 2.24) is 4.98 Å². The molecule has 1 N–H and O–H groups in total. The Bertz CT molecular complexity index is 459. The molecule has 0 unspecified atom stereocenters. The molecule has 0 atom stereocenters. The van der Waals surface area contributed by atoms with E-state index in [0.29, 0.717) is 12.5 Å². The molecule has 0 aliphatic carbocycles. The number of hydrogen-bond acceptors (Lipinski definition) is 3. The Labute approximate surface area is 110 Å². The van der Waals surface area contributed by atoms with Crippen LogP contribution in [-0.4, -0.2) is 11.5 Å². The Kier molecular flexibility index (Phi) is 5.16. The molecule has 0 saturated heterocycles. The summed E-state index contributed by atoms with van der Waals surface area (Å²) in [5.41, 5.74) is -0.863. The van der Waals surface area contributed by atoms with Crippen molar-refractivity contribution in [3.05, 3.63) is 23.4 Å². The van der Waals surface area contributed by atoms with Crippen molar-refractivity contribution in [2.24, 2.45) is 5.92 Å². The highest BCUT2D eigenvalue weighted by molar-refractivity contribution is 5.52. The molecule has 19 heavy (non-hydrogen) atoms. The summed E-state index contributed by atoms with van der Waals surface area (Å²) in [4.78, 5) is 3.50. The van der Waals surface area contributed by atoms with Gasteiger partial charge in [-0.15, -0.1) is 0 Å². The maximum Gasteiger partial charge on any atom is 0.433 e. The Hall–Kier alpha value is -1.77. The van der Waals surface area contributed by atoms with E-state index in [4.69, 9.17) is 5.26 Å². The normalized spacial score (nSPS) is 11.4. The van der Waals surface area contributed by atoms with Gasteiger partial charge in [-0.1, -0.05) is 26.7 Å². The number of hydrogen-bond donors (Lipinski definition) is 1. The van der Waals surface area contributed by atoms with Crippen molar-refractivity contribution in [3.63, 3.8) is 0 Å². The fourth-order valence-corrected chi connectivity index (χ4v) is 1.66. The summed E-state index contributed by atoms with van der Waals surface area (Å²) in [6, 6.07) is 3.81. The SMILES string of the molecule is CCC(CC)CNc1nc(C(F)(F)F)ccc1C#N. The number of rotatable bonds is 5. The first-order valence-corrected chi connectivity index (χ1v) is 6.14. The van der Waals surface area contributed by atoms with Crippen molar-refractivity contribution in [2.75, 3.05) is 11.9 Å². The quantitative estimate of drug-likeness (QED) is 0.885. The monoisotopic (exact) mass is 271 g/mol. The zero-order valence-corrected chi connectivity index (χ0v) is 10.9. The number of nitrogens with zero attached hydrogens (tertiary/aromatic N) is 2. The lowest BCUT2D eigenvalue weighted by atomic mass is 10.0. The summed E-state index contributed by atoms with van der Waals surface area (Å²) in [6.45, 7) is 4.54. The molecule has 104 valence electrons. The summed E-state index contributed by atoms with van der Waals surface area (Å²) in [5.74, 6) is 0.354. The molecule has 6 heteroatoms. The van der Waals surface area contributed by atoms with Crippen LogP contribution in [0.3, 0.4) is 0 Å². The van der Waals surface area contributed by atoms with Crippen LogP contribution < -0.4 is 5.32 Å². The van der Waals surface area contributed by atoms with Crippen LogP contribution in [-0.2, 0) is 6.18 Å². The lowest BCUT2D eigenvalue weighted by Gasteiger charge is -2.15. The van der Waals surface area contributed by atoms with E-state index < -0.39 is 11.9 Å². The van der Waals surface area contributed by atoms with Gasteiger partial charge < -0.3 is 5.32 Å². The summed E-state index contributed by atoms with van der Waals surface area (Å²) >= 11 is 0. The van der Waals surface area contributed by atoms with Gasteiger partial charge in [-0.25, -0.2) is 4.98 Å². The highest BCUT2D eigenvalue weighted by Crippen LogP contribution is 2.29. The second-order valence-corrected chi connectivity index (χ2v) is 4.27. The standard InChI is InChI=1S/C13H16F3N3/c1-3-9(4-2)8-18-12-10(7-17)5-6-11(19-12)13(14,15)16/h5-6,9H,3-4,8H2,1-2H3,(H,18,19). The minimum absolute atomic E-state index is 0.00391. The van der Waals surface area contributed by atoms with Crippen molar-refractivity contribution in [1.29, 1.82) is 5.26 Å². The first-order valence-electron chi connectivity index (χ1n) is 6.14. The van der Waals surface area contributed by atoms with Crippen molar-refractivity contribution < 1.29 is 13.2 Å². The lowest BCUT2D eigenvalue weighted by molar-refractivity contribution is -0.141. The van der Waals surface area contributed by atoms with Crippen LogP contribution in [0.2, 0.25) is 0 Å². The predicted octanol–water partition coefficient (Wildman–Crippen LogP) is 3.82. The van der Waals surface area contributed by atoms with E-state index in [0.717, 1.165) is 25.0 Å². The molecule has 1 heterocycles. The molecule has 0 spiro atoms. The Morgan fingerprint density at radius 1 is 1.32 bits per heavy atom. The molecule has 1 rings (SSSR count). The molecule has 0 fully saturated rings. The molecular formula is C13H16F3N3. The van der Waals surface area contributed by atoms with Gasteiger partial charge in [0.1, 0.15) is 17.6 Å². The van der Waals surface area contributed by atoms with Gasteiger partial charge in [-0.3, -0.25) is 0 Å². The molecule has 0 bridgehead atoms.